The van der Waals surface area contributed by atoms with Crippen molar-refractivity contribution in [2.24, 2.45) is 7.05 Å². The first kappa shape index (κ1) is 17.7. The quantitative estimate of drug-likeness (QED) is 0.841. The molecule has 1 amide bonds. The molecule has 1 aliphatic heterocycles. The van der Waals surface area contributed by atoms with Crippen LogP contribution in [0.15, 0.2) is 36.5 Å². The number of hydrogen-bond acceptors (Lipinski definition) is 3. The fourth-order valence-electron chi connectivity index (χ4n) is 3.66. The minimum absolute atomic E-state index is 0.121. The molecular formula is C20H28N4O. The van der Waals surface area contributed by atoms with Crippen molar-refractivity contribution in [1.29, 1.82) is 0 Å². The molecule has 3 rings (SSSR count). The third-order valence-corrected chi connectivity index (χ3v) is 5.18. The number of nitrogens with zero attached hydrogens (tertiary/aromatic N) is 3. The summed E-state index contributed by atoms with van der Waals surface area (Å²) in [5, 5.41) is 7.17. The van der Waals surface area contributed by atoms with Crippen LogP contribution in [-0.4, -0.2) is 46.8 Å². The van der Waals surface area contributed by atoms with Crippen LogP contribution in [0.1, 0.15) is 35.6 Å². The summed E-state index contributed by atoms with van der Waals surface area (Å²) in [5.74, 6) is 0.748. The number of nitrogens with one attached hydrogen (secondary N) is 1. The lowest BCUT2D eigenvalue weighted by Crippen LogP contribution is -2.34. The maximum absolute atomic E-state index is 12.0. The van der Waals surface area contributed by atoms with E-state index in [2.05, 4.69) is 46.5 Å². The summed E-state index contributed by atoms with van der Waals surface area (Å²) in [6.45, 7) is 6.06. The summed E-state index contributed by atoms with van der Waals surface area (Å²) in [6.07, 6.45) is 4.23. The van der Waals surface area contributed by atoms with Crippen LogP contribution in [-0.2, 0) is 18.3 Å². The molecule has 0 aliphatic carbocycles. The molecule has 1 atom stereocenters. The van der Waals surface area contributed by atoms with Gasteiger partial charge in [0.15, 0.2) is 0 Å². The van der Waals surface area contributed by atoms with Crippen molar-refractivity contribution in [2.75, 3.05) is 26.2 Å². The molecule has 2 heterocycles. The molecule has 5 nitrogen and oxygen atoms in total. The number of amides is 1. The molecule has 1 fully saturated rings. The summed E-state index contributed by atoms with van der Waals surface area (Å²) in [5.41, 5.74) is 3.96. The number of hydrogen-bond donors (Lipinski definition) is 1. The summed E-state index contributed by atoms with van der Waals surface area (Å²) in [6, 6.07) is 10.6. The highest BCUT2D eigenvalue weighted by molar-refractivity contribution is 5.76. The van der Waals surface area contributed by atoms with Crippen molar-refractivity contribution >= 4 is 5.91 Å². The molecule has 2 aromatic rings. The molecular weight excluding hydrogens is 312 g/mol. The summed E-state index contributed by atoms with van der Waals surface area (Å²) >= 11 is 0. The first-order valence-electron chi connectivity index (χ1n) is 9.15. The average Bonchev–Trinajstić information content (AvgIpc) is 3.22. The van der Waals surface area contributed by atoms with Gasteiger partial charge in [0.25, 0.3) is 0 Å². The third-order valence-electron chi connectivity index (χ3n) is 5.18. The smallest absolute Gasteiger partial charge is 0.220 e. The first-order valence-corrected chi connectivity index (χ1v) is 9.15. The van der Waals surface area contributed by atoms with Crippen LogP contribution >= 0.6 is 0 Å². The number of benzene rings is 1. The highest BCUT2D eigenvalue weighted by Crippen LogP contribution is 2.28. The number of rotatable bonds is 7. The van der Waals surface area contributed by atoms with Crippen LogP contribution in [0.3, 0.4) is 0 Å². The van der Waals surface area contributed by atoms with Crippen molar-refractivity contribution < 1.29 is 4.79 Å². The van der Waals surface area contributed by atoms with Gasteiger partial charge in [0.2, 0.25) is 5.91 Å². The maximum atomic E-state index is 12.0. The Bertz CT molecular complexity index is 709. The molecule has 1 aromatic carbocycles. The van der Waals surface area contributed by atoms with E-state index in [0.29, 0.717) is 12.3 Å². The molecule has 134 valence electrons. The van der Waals surface area contributed by atoms with Crippen LogP contribution in [0.2, 0.25) is 0 Å². The highest BCUT2D eigenvalue weighted by Gasteiger charge is 2.24. The monoisotopic (exact) mass is 340 g/mol. The fraction of sp³-hybridized carbons (Fsp3) is 0.500. The van der Waals surface area contributed by atoms with E-state index in [1.807, 2.05) is 17.8 Å². The lowest BCUT2D eigenvalue weighted by Gasteiger charge is -2.17. The van der Waals surface area contributed by atoms with Gasteiger partial charge in [-0.15, -0.1) is 0 Å². The molecule has 1 saturated heterocycles. The lowest BCUT2D eigenvalue weighted by molar-refractivity contribution is -0.121. The Morgan fingerprint density at radius 1 is 1.32 bits per heavy atom. The van der Waals surface area contributed by atoms with E-state index >= 15 is 0 Å². The summed E-state index contributed by atoms with van der Waals surface area (Å²) < 4.78 is 1.82. The molecule has 0 bridgehead atoms. The number of aromatic nitrogens is 2. The second kappa shape index (κ2) is 8.30. The van der Waals surface area contributed by atoms with E-state index in [1.54, 1.807) is 6.20 Å². The van der Waals surface area contributed by atoms with E-state index in [1.165, 1.54) is 17.5 Å². The van der Waals surface area contributed by atoms with Crippen molar-refractivity contribution in [3.05, 3.63) is 53.3 Å². The van der Waals surface area contributed by atoms with Gasteiger partial charge in [-0.05, 0) is 49.4 Å². The van der Waals surface area contributed by atoms with E-state index in [9.17, 15) is 4.79 Å². The van der Waals surface area contributed by atoms with E-state index in [0.717, 1.165) is 38.3 Å². The van der Waals surface area contributed by atoms with Gasteiger partial charge >= 0.3 is 0 Å². The van der Waals surface area contributed by atoms with Gasteiger partial charge < -0.3 is 10.2 Å². The van der Waals surface area contributed by atoms with Crippen molar-refractivity contribution in [1.82, 2.24) is 20.0 Å². The van der Waals surface area contributed by atoms with E-state index < -0.39 is 0 Å². The predicted molar refractivity (Wildman–Crippen MR) is 99.5 cm³/mol. The van der Waals surface area contributed by atoms with Gasteiger partial charge in [-0.2, -0.15) is 5.10 Å². The number of carbonyl (C=O) groups is 1. The molecule has 1 unspecified atom stereocenters. The van der Waals surface area contributed by atoms with Crippen molar-refractivity contribution in [3.63, 3.8) is 0 Å². The largest absolute Gasteiger partial charge is 0.355 e. The number of aryl methyl sites for hydroxylation is 3. The van der Waals surface area contributed by atoms with Gasteiger partial charge in [-0.25, -0.2) is 0 Å². The summed E-state index contributed by atoms with van der Waals surface area (Å²) in [4.78, 5) is 14.5. The van der Waals surface area contributed by atoms with Crippen LogP contribution in [0.5, 0.6) is 0 Å². The molecule has 0 saturated carbocycles. The second-order valence-corrected chi connectivity index (χ2v) is 6.94. The third kappa shape index (κ3) is 4.69. The Hall–Kier alpha value is -2.14. The Kier molecular flexibility index (Phi) is 5.87. The zero-order chi connectivity index (χ0) is 17.6. The van der Waals surface area contributed by atoms with Gasteiger partial charge in [0.1, 0.15) is 0 Å². The Morgan fingerprint density at radius 2 is 2.16 bits per heavy atom. The molecule has 0 radical (unpaired) electrons. The Balaban J connectivity index is 1.36. The molecule has 25 heavy (non-hydrogen) atoms. The van der Waals surface area contributed by atoms with Crippen molar-refractivity contribution in [2.45, 2.75) is 32.1 Å². The lowest BCUT2D eigenvalue weighted by atomic mass is 9.94. The average molecular weight is 340 g/mol. The number of likely N-dealkylation sites (tertiary alicyclic amines) is 1. The zero-order valence-corrected chi connectivity index (χ0v) is 15.2. The minimum Gasteiger partial charge on any atom is -0.355 e. The van der Waals surface area contributed by atoms with E-state index in [4.69, 9.17) is 0 Å². The maximum Gasteiger partial charge on any atom is 0.220 e. The van der Waals surface area contributed by atoms with Crippen LogP contribution in [0.25, 0.3) is 0 Å². The normalized spacial score (nSPS) is 17.8. The SMILES string of the molecule is Cc1ccccc1C1CCN(CCNC(=O)CCc2ccnn2C)C1. The standard InChI is InChI=1S/C20H28N4O/c1-16-5-3-4-6-19(16)17-10-13-24(15-17)14-12-21-20(25)8-7-18-9-11-22-23(18)2/h3-6,9,11,17H,7-8,10,12-15H2,1-2H3,(H,21,25). The van der Waals surface area contributed by atoms with E-state index in [-0.39, 0.29) is 5.91 Å². The number of carbonyl (C=O) groups excluding carboxylic acids is 1. The van der Waals surface area contributed by atoms with Crippen LogP contribution in [0, 0.1) is 6.92 Å². The van der Waals surface area contributed by atoms with Gasteiger partial charge in [0.05, 0.1) is 0 Å². The van der Waals surface area contributed by atoms with Gasteiger partial charge in [0, 0.05) is 45.0 Å². The Labute approximate surface area is 150 Å². The molecule has 1 aromatic heterocycles. The zero-order valence-electron chi connectivity index (χ0n) is 15.2. The van der Waals surface area contributed by atoms with Gasteiger partial charge in [-0.1, -0.05) is 24.3 Å². The molecule has 1 aliphatic rings. The Morgan fingerprint density at radius 3 is 2.92 bits per heavy atom. The molecule has 5 heteroatoms. The first-order chi connectivity index (χ1) is 12.1. The fourth-order valence-corrected chi connectivity index (χ4v) is 3.66. The minimum atomic E-state index is 0.121. The van der Waals surface area contributed by atoms with Gasteiger partial charge in [-0.3, -0.25) is 9.48 Å². The molecule has 0 spiro atoms. The molecule has 1 N–H and O–H groups in total. The highest BCUT2D eigenvalue weighted by atomic mass is 16.1. The second-order valence-electron chi connectivity index (χ2n) is 6.94. The predicted octanol–water partition coefficient (Wildman–Crippen LogP) is 2.27. The topological polar surface area (TPSA) is 50.2 Å². The summed E-state index contributed by atoms with van der Waals surface area (Å²) in [7, 11) is 1.91. The van der Waals surface area contributed by atoms with Crippen molar-refractivity contribution in [3.8, 4) is 0 Å². The van der Waals surface area contributed by atoms with Crippen LogP contribution < -0.4 is 5.32 Å². The van der Waals surface area contributed by atoms with Crippen LogP contribution in [0.4, 0.5) is 0 Å².